The Morgan fingerprint density at radius 2 is 1.80 bits per heavy atom. The zero-order valence-corrected chi connectivity index (χ0v) is 17.1. The van der Waals surface area contributed by atoms with Crippen molar-refractivity contribution in [2.24, 2.45) is 4.99 Å². The van der Waals surface area contributed by atoms with Crippen LogP contribution in [0.3, 0.4) is 0 Å². The SMILES string of the molecule is CN=C(NCCc1c[nH]c2ccccc12)NCc1ccccc1Cl.I. The molecular weight excluding hydrogens is 447 g/mol. The summed E-state index contributed by atoms with van der Waals surface area (Å²) < 4.78 is 0. The summed E-state index contributed by atoms with van der Waals surface area (Å²) in [6.45, 7) is 1.45. The van der Waals surface area contributed by atoms with Crippen molar-refractivity contribution in [2.45, 2.75) is 13.0 Å². The number of rotatable bonds is 5. The zero-order valence-electron chi connectivity index (χ0n) is 14.1. The van der Waals surface area contributed by atoms with E-state index in [2.05, 4.69) is 45.0 Å². The van der Waals surface area contributed by atoms with Crippen LogP contribution >= 0.6 is 35.6 Å². The molecule has 0 atom stereocenters. The minimum atomic E-state index is 0. The van der Waals surface area contributed by atoms with Crippen molar-refractivity contribution in [3.8, 4) is 0 Å². The monoisotopic (exact) mass is 468 g/mol. The number of hydrogen-bond donors (Lipinski definition) is 3. The van der Waals surface area contributed by atoms with Gasteiger partial charge in [0.25, 0.3) is 0 Å². The Kier molecular flexibility index (Phi) is 7.58. The number of aromatic amines is 1. The maximum atomic E-state index is 6.17. The molecule has 4 nitrogen and oxygen atoms in total. The Morgan fingerprint density at radius 3 is 2.60 bits per heavy atom. The van der Waals surface area contributed by atoms with Crippen LogP contribution in [0.15, 0.2) is 59.7 Å². The standard InChI is InChI=1S/C19H21ClN4.HI/c1-21-19(24-13-15-6-2-4-8-17(15)20)22-11-10-14-12-23-18-9-5-3-7-16(14)18;/h2-9,12,23H,10-11,13H2,1H3,(H2,21,22,24);1H. The van der Waals surface area contributed by atoms with E-state index in [1.807, 2.05) is 30.3 Å². The first-order chi connectivity index (χ1) is 11.8. The molecule has 0 fully saturated rings. The lowest BCUT2D eigenvalue weighted by molar-refractivity contribution is 0.796. The second-order valence-corrected chi connectivity index (χ2v) is 5.96. The number of para-hydroxylation sites is 1. The number of fused-ring (bicyclic) bond motifs is 1. The number of guanidine groups is 1. The molecule has 1 aromatic heterocycles. The van der Waals surface area contributed by atoms with E-state index in [0.717, 1.165) is 29.5 Å². The van der Waals surface area contributed by atoms with E-state index < -0.39 is 0 Å². The van der Waals surface area contributed by atoms with Crippen LogP contribution in [0.2, 0.25) is 5.02 Å². The maximum Gasteiger partial charge on any atom is 0.191 e. The number of nitrogens with zero attached hydrogens (tertiary/aromatic N) is 1. The molecule has 3 aromatic rings. The Bertz CT molecular complexity index is 844. The third-order valence-corrected chi connectivity index (χ3v) is 4.36. The molecule has 0 spiro atoms. The molecule has 0 aliphatic carbocycles. The van der Waals surface area contributed by atoms with E-state index in [4.69, 9.17) is 11.6 Å². The van der Waals surface area contributed by atoms with Crippen LogP contribution in [0, 0.1) is 0 Å². The molecule has 2 aromatic carbocycles. The van der Waals surface area contributed by atoms with Crippen LogP contribution in [-0.4, -0.2) is 24.5 Å². The lowest BCUT2D eigenvalue weighted by Gasteiger charge is -2.12. The largest absolute Gasteiger partial charge is 0.361 e. The lowest BCUT2D eigenvalue weighted by atomic mass is 10.1. The summed E-state index contributed by atoms with van der Waals surface area (Å²) in [7, 11) is 1.77. The highest BCUT2D eigenvalue weighted by atomic mass is 127. The van der Waals surface area contributed by atoms with Gasteiger partial charge < -0.3 is 15.6 Å². The van der Waals surface area contributed by atoms with Gasteiger partial charge in [0.2, 0.25) is 0 Å². The molecule has 3 rings (SSSR count). The fourth-order valence-corrected chi connectivity index (χ4v) is 2.90. The molecule has 1 heterocycles. The lowest BCUT2D eigenvalue weighted by Crippen LogP contribution is -2.37. The number of aromatic nitrogens is 1. The highest BCUT2D eigenvalue weighted by Gasteiger charge is 2.04. The normalized spacial score (nSPS) is 11.2. The van der Waals surface area contributed by atoms with Crippen molar-refractivity contribution >= 4 is 52.4 Å². The minimum absolute atomic E-state index is 0. The van der Waals surface area contributed by atoms with Gasteiger partial charge in [-0.3, -0.25) is 4.99 Å². The topological polar surface area (TPSA) is 52.2 Å². The first-order valence-electron chi connectivity index (χ1n) is 8.01. The van der Waals surface area contributed by atoms with Gasteiger partial charge in [-0.15, -0.1) is 24.0 Å². The zero-order chi connectivity index (χ0) is 16.8. The third-order valence-electron chi connectivity index (χ3n) is 3.99. The Balaban J connectivity index is 0.00000225. The predicted octanol–water partition coefficient (Wildman–Crippen LogP) is 4.35. The van der Waals surface area contributed by atoms with Gasteiger partial charge in [-0.05, 0) is 29.7 Å². The van der Waals surface area contributed by atoms with Gasteiger partial charge in [-0.25, -0.2) is 0 Å². The third kappa shape index (κ3) is 5.12. The first-order valence-corrected chi connectivity index (χ1v) is 8.38. The van der Waals surface area contributed by atoms with Crippen molar-refractivity contribution < 1.29 is 0 Å². The number of halogens is 2. The molecule has 0 aliphatic heterocycles. The number of benzene rings is 2. The second kappa shape index (κ2) is 9.68. The molecule has 6 heteroatoms. The molecular formula is C19H22ClIN4. The summed E-state index contributed by atoms with van der Waals surface area (Å²) in [5, 5.41) is 8.67. The molecule has 0 unspecified atom stereocenters. The summed E-state index contributed by atoms with van der Waals surface area (Å²) in [6, 6.07) is 16.2. The maximum absolute atomic E-state index is 6.17. The van der Waals surface area contributed by atoms with Gasteiger partial charge in [0.05, 0.1) is 0 Å². The predicted molar refractivity (Wildman–Crippen MR) is 117 cm³/mol. The van der Waals surface area contributed by atoms with Gasteiger partial charge in [-0.1, -0.05) is 48.0 Å². The highest BCUT2D eigenvalue weighted by molar-refractivity contribution is 14.0. The Labute approximate surface area is 170 Å². The quantitative estimate of drug-likeness (QED) is 0.296. The molecule has 0 saturated heterocycles. The van der Waals surface area contributed by atoms with Crippen molar-refractivity contribution in [1.82, 2.24) is 15.6 Å². The summed E-state index contributed by atoms with van der Waals surface area (Å²) in [6.07, 6.45) is 3.00. The summed E-state index contributed by atoms with van der Waals surface area (Å²) in [5.41, 5.74) is 3.53. The molecule has 25 heavy (non-hydrogen) atoms. The average Bonchev–Trinajstić information content (AvgIpc) is 3.02. The molecule has 0 aliphatic rings. The van der Waals surface area contributed by atoms with Crippen LogP contribution in [0.5, 0.6) is 0 Å². The highest BCUT2D eigenvalue weighted by Crippen LogP contribution is 2.17. The van der Waals surface area contributed by atoms with E-state index >= 15 is 0 Å². The van der Waals surface area contributed by atoms with E-state index in [1.165, 1.54) is 16.5 Å². The number of aliphatic imine (C=N–C) groups is 1. The van der Waals surface area contributed by atoms with E-state index in [0.29, 0.717) is 6.54 Å². The van der Waals surface area contributed by atoms with Crippen molar-refractivity contribution in [3.05, 3.63) is 70.9 Å². The van der Waals surface area contributed by atoms with Gasteiger partial charge in [-0.2, -0.15) is 0 Å². The van der Waals surface area contributed by atoms with E-state index in [-0.39, 0.29) is 24.0 Å². The molecule has 0 amide bonds. The second-order valence-electron chi connectivity index (χ2n) is 5.55. The summed E-state index contributed by atoms with van der Waals surface area (Å²) >= 11 is 6.17. The van der Waals surface area contributed by atoms with E-state index in [9.17, 15) is 0 Å². The van der Waals surface area contributed by atoms with Crippen LogP contribution in [0.4, 0.5) is 0 Å². The minimum Gasteiger partial charge on any atom is -0.361 e. The number of hydrogen-bond acceptors (Lipinski definition) is 1. The Morgan fingerprint density at radius 1 is 1.04 bits per heavy atom. The van der Waals surface area contributed by atoms with Crippen LogP contribution < -0.4 is 10.6 Å². The van der Waals surface area contributed by atoms with Gasteiger partial charge >= 0.3 is 0 Å². The van der Waals surface area contributed by atoms with Gasteiger partial charge in [0.15, 0.2) is 5.96 Å². The van der Waals surface area contributed by atoms with E-state index in [1.54, 1.807) is 7.05 Å². The smallest absolute Gasteiger partial charge is 0.191 e. The van der Waals surface area contributed by atoms with Crippen molar-refractivity contribution in [1.29, 1.82) is 0 Å². The molecule has 132 valence electrons. The van der Waals surface area contributed by atoms with Crippen LogP contribution in [0.1, 0.15) is 11.1 Å². The van der Waals surface area contributed by atoms with Crippen molar-refractivity contribution in [2.75, 3.05) is 13.6 Å². The first kappa shape index (κ1) is 19.6. The van der Waals surface area contributed by atoms with Crippen molar-refractivity contribution in [3.63, 3.8) is 0 Å². The van der Waals surface area contributed by atoms with Gasteiger partial charge in [0, 0.05) is 42.3 Å². The van der Waals surface area contributed by atoms with Gasteiger partial charge in [0.1, 0.15) is 0 Å². The fraction of sp³-hybridized carbons (Fsp3) is 0.211. The fourth-order valence-electron chi connectivity index (χ4n) is 2.70. The Hall–Kier alpha value is -1.73. The number of H-pyrrole nitrogens is 1. The molecule has 3 N–H and O–H groups in total. The molecule has 0 radical (unpaired) electrons. The summed E-state index contributed by atoms with van der Waals surface area (Å²) in [5.74, 6) is 0.773. The summed E-state index contributed by atoms with van der Waals surface area (Å²) in [4.78, 5) is 7.56. The van der Waals surface area contributed by atoms with Crippen LogP contribution in [0.25, 0.3) is 10.9 Å². The van der Waals surface area contributed by atoms with Crippen LogP contribution in [-0.2, 0) is 13.0 Å². The molecule has 0 bridgehead atoms. The average molecular weight is 469 g/mol. The molecule has 0 saturated carbocycles. The number of nitrogens with one attached hydrogen (secondary N) is 3.